The molecule has 5 heteroatoms. The van der Waals surface area contributed by atoms with E-state index in [0.29, 0.717) is 11.9 Å². The SMILES string of the molecule is CN1CCC(C(=O)N2C[C@@H]3OCCN(Cc4ccccc4)[C@H]3C2)CC1. The van der Waals surface area contributed by atoms with Crippen LogP contribution in [0.5, 0.6) is 0 Å². The van der Waals surface area contributed by atoms with E-state index in [1.807, 2.05) is 0 Å². The largest absolute Gasteiger partial charge is 0.373 e. The molecule has 1 amide bonds. The van der Waals surface area contributed by atoms with Crippen molar-refractivity contribution in [3.05, 3.63) is 35.9 Å². The highest BCUT2D eigenvalue weighted by Crippen LogP contribution is 2.27. The van der Waals surface area contributed by atoms with Gasteiger partial charge in [0, 0.05) is 32.1 Å². The minimum absolute atomic E-state index is 0.174. The van der Waals surface area contributed by atoms with Crippen molar-refractivity contribution in [1.29, 1.82) is 0 Å². The maximum Gasteiger partial charge on any atom is 0.225 e. The standard InChI is InChI=1S/C20H29N3O2/c1-21-9-7-17(8-10-21)20(24)23-14-18-19(15-23)25-12-11-22(18)13-16-5-3-2-4-6-16/h2-6,17-19H,7-15H2,1H3/t18-,19-/m0/s1. The van der Waals surface area contributed by atoms with E-state index < -0.39 is 0 Å². The molecule has 0 aliphatic carbocycles. The van der Waals surface area contributed by atoms with Gasteiger partial charge in [0.1, 0.15) is 0 Å². The van der Waals surface area contributed by atoms with Crippen LogP contribution in [0, 0.1) is 5.92 Å². The molecule has 25 heavy (non-hydrogen) atoms. The molecular formula is C20H29N3O2. The summed E-state index contributed by atoms with van der Waals surface area (Å²) in [7, 11) is 2.14. The number of likely N-dealkylation sites (tertiary alicyclic amines) is 2. The van der Waals surface area contributed by atoms with Gasteiger partial charge in [0.25, 0.3) is 0 Å². The van der Waals surface area contributed by atoms with Crippen molar-refractivity contribution < 1.29 is 9.53 Å². The maximum absolute atomic E-state index is 12.9. The molecule has 3 saturated heterocycles. The molecule has 0 bridgehead atoms. The average molecular weight is 343 g/mol. The van der Waals surface area contributed by atoms with Crippen LogP contribution in [0.2, 0.25) is 0 Å². The van der Waals surface area contributed by atoms with Gasteiger partial charge in [-0.05, 0) is 38.5 Å². The summed E-state index contributed by atoms with van der Waals surface area (Å²) >= 11 is 0. The van der Waals surface area contributed by atoms with Gasteiger partial charge in [-0.3, -0.25) is 9.69 Å². The maximum atomic E-state index is 12.9. The summed E-state index contributed by atoms with van der Waals surface area (Å²) in [5.74, 6) is 0.560. The number of piperidine rings is 1. The van der Waals surface area contributed by atoms with Crippen molar-refractivity contribution in [1.82, 2.24) is 14.7 Å². The van der Waals surface area contributed by atoms with Gasteiger partial charge in [-0.15, -0.1) is 0 Å². The molecule has 1 aromatic carbocycles. The molecule has 0 unspecified atom stereocenters. The molecule has 2 atom stereocenters. The van der Waals surface area contributed by atoms with Crippen molar-refractivity contribution >= 4 is 5.91 Å². The fourth-order valence-corrected chi connectivity index (χ4v) is 4.47. The molecule has 3 heterocycles. The topological polar surface area (TPSA) is 36.0 Å². The number of ether oxygens (including phenoxy) is 1. The zero-order valence-corrected chi connectivity index (χ0v) is 15.1. The molecule has 4 rings (SSSR count). The Labute approximate surface area is 150 Å². The molecule has 0 saturated carbocycles. The van der Waals surface area contributed by atoms with Gasteiger partial charge in [-0.25, -0.2) is 0 Å². The number of nitrogens with zero attached hydrogens (tertiary/aromatic N) is 3. The van der Waals surface area contributed by atoms with Crippen LogP contribution in [0.15, 0.2) is 30.3 Å². The van der Waals surface area contributed by atoms with Crippen LogP contribution in [0.1, 0.15) is 18.4 Å². The first kappa shape index (κ1) is 17.0. The summed E-state index contributed by atoms with van der Waals surface area (Å²) in [5, 5.41) is 0. The van der Waals surface area contributed by atoms with E-state index in [-0.39, 0.29) is 12.0 Å². The number of hydrogen-bond donors (Lipinski definition) is 0. The lowest BCUT2D eigenvalue weighted by Crippen LogP contribution is -2.50. The van der Waals surface area contributed by atoms with Crippen LogP contribution in [0.25, 0.3) is 0 Å². The quantitative estimate of drug-likeness (QED) is 0.832. The molecule has 0 aromatic heterocycles. The van der Waals surface area contributed by atoms with Crippen molar-refractivity contribution in [3.63, 3.8) is 0 Å². The monoisotopic (exact) mass is 343 g/mol. The molecule has 3 aliphatic heterocycles. The number of carbonyl (C=O) groups excluding carboxylic acids is 1. The van der Waals surface area contributed by atoms with Crippen molar-refractivity contribution in [3.8, 4) is 0 Å². The lowest BCUT2D eigenvalue weighted by molar-refractivity contribution is -0.136. The second-order valence-electron chi connectivity index (χ2n) is 7.75. The van der Waals surface area contributed by atoms with Gasteiger partial charge in [0.15, 0.2) is 0 Å². The van der Waals surface area contributed by atoms with Gasteiger partial charge in [0.05, 0.1) is 18.8 Å². The first-order valence-corrected chi connectivity index (χ1v) is 9.57. The fourth-order valence-electron chi connectivity index (χ4n) is 4.47. The number of rotatable bonds is 3. The first-order chi connectivity index (χ1) is 12.2. The van der Waals surface area contributed by atoms with Crippen molar-refractivity contribution in [2.75, 3.05) is 46.4 Å². The molecule has 1 aromatic rings. The average Bonchev–Trinajstić information content (AvgIpc) is 3.08. The lowest BCUT2D eigenvalue weighted by Gasteiger charge is -2.36. The predicted octanol–water partition coefficient (Wildman–Crippen LogP) is 1.44. The van der Waals surface area contributed by atoms with Gasteiger partial charge in [-0.2, -0.15) is 0 Å². The van der Waals surface area contributed by atoms with Crippen molar-refractivity contribution in [2.45, 2.75) is 31.5 Å². The summed E-state index contributed by atoms with van der Waals surface area (Å²) in [6.45, 7) is 6.32. The Morgan fingerprint density at radius 1 is 1.12 bits per heavy atom. The Balaban J connectivity index is 1.39. The van der Waals surface area contributed by atoms with E-state index in [1.54, 1.807) is 0 Å². The summed E-state index contributed by atoms with van der Waals surface area (Å²) in [4.78, 5) is 19.8. The Kier molecular flexibility index (Phi) is 5.06. The van der Waals surface area contributed by atoms with Gasteiger partial charge in [0.2, 0.25) is 5.91 Å². The van der Waals surface area contributed by atoms with Crippen LogP contribution in [0.3, 0.4) is 0 Å². The summed E-state index contributed by atoms with van der Waals surface area (Å²) < 4.78 is 6.01. The molecule has 3 fully saturated rings. The molecule has 0 spiro atoms. The Morgan fingerprint density at radius 3 is 2.64 bits per heavy atom. The van der Waals surface area contributed by atoms with E-state index in [2.05, 4.69) is 52.1 Å². The first-order valence-electron chi connectivity index (χ1n) is 9.57. The predicted molar refractivity (Wildman–Crippen MR) is 97.2 cm³/mol. The zero-order chi connectivity index (χ0) is 17.2. The number of morpholine rings is 1. The van der Waals surface area contributed by atoms with E-state index in [9.17, 15) is 4.79 Å². The molecule has 5 nitrogen and oxygen atoms in total. The third-order valence-corrected chi connectivity index (χ3v) is 6.02. The minimum Gasteiger partial charge on any atom is -0.373 e. The molecule has 136 valence electrons. The van der Waals surface area contributed by atoms with E-state index in [4.69, 9.17) is 4.74 Å². The fraction of sp³-hybridized carbons (Fsp3) is 0.650. The Bertz CT molecular complexity index is 586. The number of carbonyl (C=O) groups is 1. The second kappa shape index (κ2) is 7.44. The molecule has 0 N–H and O–H groups in total. The smallest absolute Gasteiger partial charge is 0.225 e. The molecule has 3 aliphatic rings. The number of fused-ring (bicyclic) bond motifs is 1. The van der Waals surface area contributed by atoms with Crippen LogP contribution >= 0.6 is 0 Å². The number of hydrogen-bond acceptors (Lipinski definition) is 4. The van der Waals surface area contributed by atoms with Crippen LogP contribution in [-0.2, 0) is 16.1 Å². The molecule has 0 radical (unpaired) electrons. The zero-order valence-electron chi connectivity index (χ0n) is 15.1. The van der Waals surface area contributed by atoms with E-state index in [1.165, 1.54) is 5.56 Å². The van der Waals surface area contributed by atoms with Crippen LogP contribution in [-0.4, -0.2) is 79.1 Å². The third-order valence-electron chi connectivity index (χ3n) is 6.02. The van der Waals surface area contributed by atoms with Crippen LogP contribution < -0.4 is 0 Å². The van der Waals surface area contributed by atoms with E-state index >= 15 is 0 Å². The minimum atomic E-state index is 0.174. The lowest BCUT2D eigenvalue weighted by atomic mass is 9.96. The van der Waals surface area contributed by atoms with Gasteiger partial charge in [-0.1, -0.05) is 30.3 Å². The highest BCUT2D eigenvalue weighted by molar-refractivity contribution is 5.79. The van der Waals surface area contributed by atoms with E-state index in [0.717, 1.165) is 58.7 Å². The summed E-state index contributed by atoms with van der Waals surface area (Å²) in [6, 6.07) is 10.9. The highest BCUT2D eigenvalue weighted by Gasteiger charge is 2.43. The van der Waals surface area contributed by atoms with Crippen LogP contribution in [0.4, 0.5) is 0 Å². The molecular weight excluding hydrogens is 314 g/mol. The number of amides is 1. The van der Waals surface area contributed by atoms with Gasteiger partial charge >= 0.3 is 0 Å². The van der Waals surface area contributed by atoms with Gasteiger partial charge < -0.3 is 14.5 Å². The highest BCUT2D eigenvalue weighted by atomic mass is 16.5. The number of benzene rings is 1. The second-order valence-corrected chi connectivity index (χ2v) is 7.75. The Morgan fingerprint density at radius 2 is 1.88 bits per heavy atom. The Hall–Kier alpha value is -1.43. The third kappa shape index (κ3) is 3.73. The normalized spacial score (nSPS) is 28.9. The summed E-state index contributed by atoms with van der Waals surface area (Å²) in [5.41, 5.74) is 1.34. The summed E-state index contributed by atoms with van der Waals surface area (Å²) in [6.07, 6.45) is 2.17. The van der Waals surface area contributed by atoms with Crippen molar-refractivity contribution in [2.24, 2.45) is 5.92 Å².